The molecular weight excluding hydrogens is 108 g/mol. The van der Waals surface area contributed by atoms with E-state index in [0.717, 1.165) is 13.5 Å². The van der Waals surface area contributed by atoms with Crippen molar-refractivity contribution in [1.82, 2.24) is 4.90 Å². The van der Waals surface area contributed by atoms with E-state index in [4.69, 9.17) is 5.11 Å². The second-order valence-electron chi connectivity index (χ2n) is 1.07. The summed E-state index contributed by atoms with van der Waals surface area (Å²) in [5.41, 5.74) is 0. The number of hydrogen-bond donors (Lipinski definition) is 1. The first-order valence-corrected chi connectivity index (χ1v) is 1.84. The van der Waals surface area contributed by atoms with E-state index >= 15 is 0 Å². The molecule has 0 atom stereocenters. The first-order valence-electron chi connectivity index (χ1n) is 1.84. The van der Waals surface area contributed by atoms with Crippen LogP contribution in [0, 0.1) is 0 Å². The number of carbonyl (C=O) groups is 1. The molecule has 0 fully saturated rings. The van der Waals surface area contributed by atoms with Crippen molar-refractivity contribution in [1.29, 1.82) is 0 Å². The molecule has 0 saturated carbocycles. The van der Waals surface area contributed by atoms with Gasteiger partial charge in [-0.15, -0.1) is 0 Å². The third-order valence-electron chi connectivity index (χ3n) is 0.211. The molecule has 0 aromatic heterocycles. The van der Waals surface area contributed by atoms with Crippen LogP contribution in [0.3, 0.4) is 0 Å². The van der Waals surface area contributed by atoms with Crippen molar-refractivity contribution in [3.63, 3.8) is 0 Å². The van der Waals surface area contributed by atoms with Crippen LogP contribution in [-0.4, -0.2) is 75.3 Å². The van der Waals surface area contributed by atoms with E-state index < -0.39 is 0 Å². The fraction of sp³-hybridized carbons (Fsp3) is 0.750. The Kier molecular flexibility index (Phi) is 58.9. The van der Waals surface area contributed by atoms with Gasteiger partial charge >= 0.3 is 37.7 Å². The van der Waals surface area contributed by atoms with Crippen LogP contribution in [0.15, 0.2) is 0 Å². The van der Waals surface area contributed by atoms with E-state index in [1.807, 2.05) is 0 Å². The summed E-state index contributed by atoms with van der Waals surface area (Å²) in [5.74, 6) is 0. The van der Waals surface area contributed by atoms with E-state index in [1.165, 1.54) is 4.90 Å². The van der Waals surface area contributed by atoms with Crippen LogP contribution in [0.5, 0.6) is 0 Å². The molecule has 0 radical (unpaired) electrons. The Hall–Kier alpha value is 0.625. The van der Waals surface area contributed by atoms with Crippen molar-refractivity contribution >= 4 is 44.1 Å². The van der Waals surface area contributed by atoms with Gasteiger partial charge in [-0.1, -0.05) is 0 Å². The van der Waals surface area contributed by atoms with Crippen molar-refractivity contribution in [2.24, 2.45) is 0 Å². The molecular formula is C4H13Li2NO2. The fourth-order valence-electron chi connectivity index (χ4n) is 0. The molecule has 0 aromatic carbocycles. The molecule has 3 nitrogen and oxygen atoms in total. The monoisotopic (exact) mass is 121 g/mol. The Balaban J connectivity index is -0.0000000286. The normalized spacial score (nSPS) is 4.44. The second kappa shape index (κ2) is 23.4. The minimum atomic E-state index is 0. The summed E-state index contributed by atoms with van der Waals surface area (Å²) in [6.45, 7) is 0. The molecule has 0 saturated heterocycles. The molecule has 0 rings (SSSR count). The molecule has 5 heteroatoms. The van der Waals surface area contributed by atoms with Gasteiger partial charge in [0.1, 0.15) is 0 Å². The van der Waals surface area contributed by atoms with E-state index in [1.54, 1.807) is 14.1 Å². The number of aliphatic hydroxyl groups excluding tert-OH is 1. The fourth-order valence-corrected chi connectivity index (χ4v) is 0. The summed E-state index contributed by atoms with van der Waals surface area (Å²) in [6, 6.07) is 0. The molecule has 48 valence electrons. The van der Waals surface area contributed by atoms with Gasteiger partial charge in [0.15, 0.2) is 0 Å². The standard InChI is InChI=1S/C3H7NO.CH4O.2Li.2H/c1-4(2)3-5;1-2;;;;/h3H,1-2H3;2H,1H3;;;;. The predicted octanol–water partition coefficient (Wildman–Crippen LogP) is -1.98. The van der Waals surface area contributed by atoms with Crippen molar-refractivity contribution < 1.29 is 9.90 Å². The molecule has 0 unspecified atom stereocenters. The molecule has 1 amide bonds. The zero-order valence-corrected chi connectivity index (χ0v) is 4.88. The van der Waals surface area contributed by atoms with Crippen LogP contribution >= 0.6 is 0 Å². The first kappa shape index (κ1) is 22.6. The molecule has 0 aliphatic rings. The van der Waals surface area contributed by atoms with Gasteiger partial charge in [-0.2, -0.15) is 0 Å². The zero-order valence-electron chi connectivity index (χ0n) is 4.88. The van der Waals surface area contributed by atoms with E-state index in [0.29, 0.717) is 0 Å². The number of hydrogen-bond acceptors (Lipinski definition) is 2. The Labute approximate surface area is 80.2 Å². The average Bonchev–Trinajstić information content (AvgIpc) is 1.73. The van der Waals surface area contributed by atoms with Crippen molar-refractivity contribution in [2.45, 2.75) is 0 Å². The van der Waals surface area contributed by atoms with Crippen molar-refractivity contribution in [3.8, 4) is 0 Å². The Morgan fingerprint density at radius 2 is 1.33 bits per heavy atom. The SMILES string of the molecule is CN(C)C=O.CO.[LiH].[LiH]. The molecule has 0 spiro atoms. The zero-order chi connectivity index (χ0) is 6.28. The number of amides is 1. The third-order valence-corrected chi connectivity index (χ3v) is 0.211. The predicted molar refractivity (Wildman–Crippen MR) is 42.2 cm³/mol. The van der Waals surface area contributed by atoms with Crippen LogP contribution in [-0.2, 0) is 4.79 Å². The Bertz CT molecular complexity index is 43.5. The van der Waals surface area contributed by atoms with Crippen LogP contribution in [0.4, 0.5) is 0 Å². The number of aliphatic hydroxyl groups is 1. The molecule has 0 aliphatic heterocycles. The van der Waals surface area contributed by atoms with Gasteiger partial charge in [0.25, 0.3) is 0 Å². The van der Waals surface area contributed by atoms with E-state index in [2.05, 4.69) is 0 Å². The van der Waals surface area contributed by atoms with Gasteiger partial charge in [0, 0.05) is 21.2 Å². The number of nitrogens with zero attached hydrogens (tertiary/aromatic N) is 1. The quantitative estimate of drug-likeness (QED) is 0.322. The minimum absolute atomic E-state index is 0. The average molecular weight is 121 g/mol. The molecule has 1 N–H and O–H groups in total. The summed E-state index contributed by atoms with van der Waals surface area (Å²) >= 11 is 0. The van der Waals surface area contributed by atoms with Crippen molar-refractivity contribution in [3.05, 3.63) is 0 Å². The van der Waals surface area contributed by atoms with Crippen LogP contribution in [0.1, 0.15) is 0 Å². The Morgan fingerprint density at radius 1 is 1.22 bits per heavy atom. The maximum atomic E-state index is 9.43. The molecule has 0 bridgehead atoms. The van der Waals surface area contributed by atoms with Gasteiger partial charge < -0.3 is 10.0 Å². The van der Waals surface area contributed by atoms with Gasteiger partial charge in [-0.05, 0) is 0 Å². The van der Waals surface area contributed by atoms with Crippen LogP contribution < -0.4 is 0 Å². The summed E-state index contributed by atoms with van der Waals surface area (Å²) in [5, 5.41) is 7.00. The molecule has 0 aromatic rings. The number of rotatable bonds is 1. The summed E-state index contributed by atoms with van der Waals surface area (Å²) in [7, 11) is 4.38. The molecule has 0 heterocycles. The van der Waals surface area contributed by atoms with E-state index in [9.17, 15) is 4.79 Å². The van der Waals surface area contributed by atoms with Gasteiger partial charge in [-0.3, -0.25) is 4.79 Å². The molecule has 0 aliphatic carbocycles. The molecule has 9 heavy (non-hydrogen) atoms. The van der Waals surface area contributed by atoms with Gasteiger partial charge in [0.05, 0.1) is 0 Å². The topological polar surface area (TPSA) is 40.5 Å². The summed E-state index contributed by atoms with van der Waals surface area (Å²) < 4.78 is 0. The van der Waals surface area contributed by atoms with Crippen molar-refractivity contribution in [2.75, 3.05) is 21.2 Å². The van der Waals surface area contributed by atoms with E-state index in [-0.39, 0.29) is 37.7 Å². The van der Waals surface area contributed by atoms with Crippen LogP contribution in [0.2, 0.25) is 0 Å². The number of carbonyl (C=O) groups excluding carboxylic acids is 1. The summed E-state index contributed by atoms with van der Waals surface area (Å²) in [6.07, 6.45) is 0.750. The third kappa shape index (κ3) is 54.9. The van der Waals surface area contributed by atoms with Gasteiger partial charge in [0.2, 0.25) is 6.41 Å². The van der Waals surface area contributed by atoms with Gasteiger partial charge in [-0.25, -0.2) is 0 Å². The first-order chi connectivity index (χ1) is 3.27. The Morgan fingerprint density at radius 3 is 1.33 bits per heavy atom. The maximum absolute atomic E-state index is 9.43. The second-order valence-corrected chi connectivity index (χ2v) is 1.07. The summed E-state index contributed by atoms with van der Waals surface area (Å²) in [4.78, 5) is 10.9. The van der Waals surface area contributed by atoms with Crippen LogP contribution in [0.25, 0.3) is 0 Å².